The van der Waals surface area contributed by atoms with Gasteiger partial charge in [0.2, 0.25) is 5.91 Å². The van der Waals surface area contributed by atoms with Gasteiger partial charge in [0.25, 0.3) is 5.91 Å². The molecule has 0 fully saturated rings. The van der Waals surface area contributed by atoms with Crippen molar-refractivity contribution in [3.63, 3.8) is 0 Å². The lowest BCUT2D eigenvalue weighted by molar-refractivity contribution is -0.124. The number of carbonyl (C=O) groups excluding carboxylic acids is 2. The summed E-state index contributed by atoms with van der Waals surface area (Å²) in [5, 5.41) is 6.02. The zero-order valence-electron chi connectivity index (χ0n) is 18.8. The highest BCUT2D eigenvalue weighted by molar-refractivity contribution is 5.98. The molecule has 2 rings (SSSR count). The Morgan fingerprint density at radius 2 is 1.53 bits per heavy atom. The van der Waals surface area contributed by atoms with Gasteiger partial charge in [0.05, 0.1) is 6.04 Å². The number of hydrogen-bond acceptors (Lipinski definition) is 3. The summed E-state index contributed by atoms with van der Waals surface area (Å²) in [6, 6.07) is 17.1. The van der Waals surface area contributed by atoms with E-state index >= 15 is 0 Å². The molecule has 0 aliphatic heterocycles. The Morgan fingerprint density at radius 3 is 2.10 bits per heavy atom. The van der Waals surface area contributed by atoms with Gasteiger partial charge in [0.15, 0.2) is 0 Å². The second kappa shape index (κ2) is 11.5. The number of nitrogens with one attached hydrogen (secondary N) is 2. The maximum atomic E-state index is 13.0. The Bertz CT molecular complexity index is 816. The van der Waals surface area contributed by atoms with E-state index in [9.17, 15) is 9.59 Å². The smallest absolute Gasteiger partial charge is 0.252 e. The Balaban J connectivity index is 2.11. The molecule has 0 radical (unpaired) electrons. The van der Waals surface area contributed by atoms with Crippen LogP contribution < -0.4 is 10.6 Å². The quantitative estimate of drug-likeness (QED) is 0.625. The summed E-state index contributed by atoms with van der Waals surface area (Å²) < 4.78 is 0. The molecule has 0 spiro atoms. The first-order valence-corrected chi connectivity index (χ1v) is 10.8. The standard InChI is InChI=1S/C25H35N3O2/c1-6-28(7-2)22(20-14-9-8-10-15-20)17-26-25(30)23(18(3)4)27-24(29)21-16-12-11-13-19(21)5/h8-16,18,22-23H,6-7,17H2,1-5H3,(H,26,30)(H,27,29). The molecule has 2 N–H and O–H groups in total. The molecule has 2 atom stereocenters. The average molecular weight is 410 g/mol. The molecule has 5 heteroatoms. The van der Waals surface area contributed by atoms with E-state index in [1.807, 2.05) is 57.2 Å². The lowest BCUT2D eigenvalue weighted by Crippen LogP contribution is -2.51. The SMILES string of the molecule is CCN(CC)C(CNC(=O)C(NC(=O)c1ccccc1C)C(C)C)c1ccccc1. The molecular weight excluding hydrogens is 374 g/mol. The summed E-state index contributed by atoms with van der Waals surface area (Å²) in [6.45, 7) is 12.3. The molecule has 0 heterocycles. The van der Waals surface area contributed by atoms with E-state index in [1.165, 1.54) is 5.56 Å². The van der Waals surface area contributed by atoms with Crippen LogP contribution in [0.25, 0.3) is 0 Å². The minimum Gasteiger partial charge on any atom is -0.352 e. The topological polar surface area (TPSA) is 61.4 Å². The van der Waals surface area contributed by atoms with Gasteiger partial charge in [-0.05, 0) is 43.1 Å². The molecule has 0 aromatic heterocycles. The summed E-state index contributed by atoms with van der Waals surface area (Å²) in [4.78, 5) is 28.1. The van der Waals surface area contributed by atoms with E-state index in [4.69, 9.17) is 0 Å². The van der Waals surface area contributed by atoms with Gasteiger partial charge in [0, 0.05) is 12.1 Å². The summed E-state index contributed by atoms with van der Waals surface area (Å²) in [7, 11) is 0. The van der Waals surface area contributed by atoms with Crippen molar-refractivity contribution in [3.8, 4) is 0 Å². The minimum absolute atomic E-state index is 0.0263. The molecule has 0 saturated heterocycles. The van der Waals surface area contributed by atoms with Crippen LogP contribution in [0.5, 0.6) is 0 Å². The largest absolute Gasteiger partial charge is 0.352 e. The van der Waals surface area contributed by atoms with Crippen LogP contribution in [0.1, 0.15) is 55.2 Å². The van der Waals surface area contributed by atoms with Crippen LogP contribution in [-0.4, -0.2) is 42.4 Å². The highest BCUT2D eigenvalue weighted by Gasteiger charge is 2.26. The number of likely N-dealkylation sites (N-methyl/N-ethyl adjacent to an activating group) is 1. The van der Waals surface area contributed by atoms with Gasteiger partial charge in [-0.1, -0.05) is 76.2 Å². The van der Waals surface area contributed by atoms with Crippen LogP contribution in [0.2, 0.25) is 0 Å². The molecule has 2 unspecified atom stereocenters. The summed E-state index contributed by atoms with van der Waals surface area (Å²) in [5.74, 6) is -0.396. The Morgan fingerprint density at radius 1 is 0.933 bits per heavy atom. The predicted octanol–water partition coefficient (Wildman–Crippen LogP) is 3.95. The van der Waals surface area contributed by atoms with E-state index in [0.29, 0.717) is 12.1 Å². The minimum atomic E-state index is -0.592. The van der Waals surface area contributed by atoms with Crippen LogP contribution in [0.3, 0.4) is 0 Å². The van der Waals surface area contributed by atoms with E-state index in [2.05, 4.69) is 41.5 Å². The molecule has 162 valence electrons. The Labute approximate surface area is 180 Å². The molecular formula is C25H35N3O2. The van der Waals surface area contributed by atoms with Crippen LogP contribution >= 0.6 is 0 Å². The Hall–Kier alpha value is -2.66. The molecule has 0 aliphatic carbocycles. The first-order valence-electron chi connectivity index (χ1n) is 10.8. The number of aryl methyl sites for hydroxylation is 1. The second-order valence-corrected chi connectivity index (χ2v) is 7.90. The molecule has 2 aromatic carbocycles. The molecule has 30 heavy (non-hydrogen) atoms. The number of rotatable bonds is 10. The summed E-state index contributed by atoms with van der Waals surface area (Å²) >= 11 is 0. The molecule has 0 aliphatic rings. The van der Waals surface area contributed by atoms with Gasteiger partial charge < -0.3 is 10.6 Å². The van der Waals surface area contributed by atoms with Gasteiger partial charge in [-0.15, -0.1) is 0 Å². The van der Waals surface area contributed by atoms with Crippen LogP contribution in [0, 0.1) is 12.8 Å². The van der Waals surface area contributed by atoms with Crippen molar-refractivity contribution >= 4 is 11.8 Å². The number of hydrogen-bond donors (Lipinski definition) is 2. The Kier molecular flexibility index (Phi) is 9.06. The molecule has 2 amide bonds. The van der Waals surface area contributed by atoms with Gasteiger partial charge >= 0.3 is 0 Å². The van der Waals surface area contributed by atoms with Crippen molar-refractivity contribution in [2.45, 2.75) is 46.7 Å². The maximum absolute atomic E-state index is 13.0. The maximum Gasteiger partial charge on any atom is 0.252 e. The fourth-order valence-corrected chi connectivity index (χ4v) is 3.69. The second-order valence-electron chi connectivity index (χ2n) is 7.90. The van der Waals surface area contributed by atoms with Gasteiger partial charge in [-0.25, -0.2) is 0 Å². The highest BCUT2D eigenvalue weighted by Crippen LogP contribution is 2.19. The lowest BCUT2D eigenvalue weighted by Gasteiger charge is -2.31. The van der Waals surface area contributed by atoms with Gasteiger partial charge in [0.1, 0.15) is 6.04 Å². The van der Waals surface area contributed by atoms with E-state index < -0.39 is 6.04 Å². The molecule has 5 nitrogen and oxygen atoms in total. The van der Waals surface area contributed by atoms with Gasteiger partial charge in [-0.2, -0.15) is 0 Å². The number of nitrogens with zero attached hydrogens (tertiary/aromatic N) is 1. The zero-order valence-corrected chi connectivity index (χ0v) is 18.8. The third-order valence-electron chi connectivity index (χ3n) is 5.53. The number of carbonyl (C=O) groups is 2. The van der Waals surface area contributed by atoms with Crippen molar-refractivity contribution in [3.05, 3.63) is 71.3 Å². The normalized spacial score (nSPS) is 13.2. The van der Waals surface area contributed by atoms with Crippen molar-refractivity contribution in [2.75, 3.05) is 19.6 Å². The lowest BCUT2D eigenvalue weighted by atomic mass is 10.0. The monoisotopic (exact) mass is 409 g/mol. The first kappa shape index (κ1) is 23.6. The predicted molar refractivity (Wildman–Crippen MR) is 122 cm³/mol. The van der Waals surface area contributed by atoms with Crippen molar-refractivity contribution in [1.29, 1.82) is 0 Å². The molecule has 0 bridgehead atoms. The van der Waals surface area contributed by atoms with E-state index in [0.717, 1.165) is 18.7 Å². The van der Waals surface area contributed by atoms with E-state index in [1.54, 1.807) is 6.07 Å². The summed E-state index contributed by atoms with van der Waals surface area (Å²) in [5.41, 5.74) is 2.66. The third kappa shape index (κ3) is 6.17. The van der Waals surface area contributed by atoms with Crippen molar-refractivity contribution in [2.24, 2.45) is 5.92 Å². The summed E-state index contributed by atoms with van der Waals surface area (Å²) in [6.07, 6.45) is 0. The fraction of sp³-hybridized carbons (Fsp3) is 0.440. The third-order valence-corrected chi connectivity index (χ3v) is 5.53. The van der Waals surface area contributed by atoms with Gasteiger partial charge in [-0.3, -0.25) is 14.5 Å². The van der Waals surface area contributed by atoms with Crippen molar-refractivity contribution < 1.29 is 9.59 Å². The van der Waals surface area contributed by atoms with E-state index in [-0.39, 0.29) is 23.8 Å². The number of amides is 2. The number of benzene rings is 2. The van der Waals surface area contributed by atoms with Crippen LogP contribution in [-0.2, 0) is 4.79 Å². The molecule has 2 aromatic rings. The first-order chi connectivity index (χ1) is 14.4. The molecule has 0 saturated carbocycles. The van der Waals surface area contributed by atoms with Crippen LogP contribution in [0.15, 0.2) is 54.6 Å². The van der Waals surface area contributed by atoms with Crippen LogP contribution in [0.4, 0.5) is 0 Å². The highest BCUT2D eigenvalue weighted by atomic mass is 16.2. The van der Waals surface area contributed by atoms with Crippen molar-refractivity contribution in [1.82, 2.24) is 15.5 Å². The zero-order chi connectivity index (χ0) is 22.1. The fourth-order valence-electron chi connectivity index (χ4n) is 3.69. The average Bonchev–Trinajstić information content (AvgIpc) is 2.75.